The molecule has 0 saturated carbocycles. The number of hydrogen-bond acceptors (Lipinski definition) is 4. The number of nitrogens with one attached hydrogen (secondary N) is 2. The minimum absolute atomic E-state index is 0. The minimum Gasteiger partial charge on any atom is -0.481 e. The molecular weight excluding hydrogens is 579 g/mol. The number of H-pyrrole nitrogens is 2. The number of carbonyl (C=O) groups is 2. The van der Waals surface area contributed by atoms with E-state index >= 15 is 0 Å². The molecule has 5 heterocycles. The first-order valence-corrected chi connectivity index (χ1v) is 13.9. The van der Waals surface area contributed by atoms with E-state index in [1.807, 2.05) is 58.0 Å². The zero-order valence-corrected chi connectivity index (χ0v) is 26.2. The summed E-state index contributed by atoms with van der Waals surface area (Å²) in [5.74, 6) is -1.78. The van der Waals surface area contributed by atoms with E-state index in [0.29, 0.717) is 24.2 Å². The number of carboxylic acids is 2. The molecule has 8 bridgehead atoms. The van der Waals surface area contributed by atoms with Crippen LogP contribution in [0, 0.1) is 13.8 Å². The molecule has 5 rings (SSSR count). The monoisotopic (exact) mass is 613 g/mol. The van der Waals surface area contributed by atoms with Gasteiger partial charge in [-0.05, 0) is 98.2 Å². The third-order valence-electron chi connectivity index (χ3n) is 8.22. The van der Waals surface area contributed by atoms with E-state index in [0.717, 1.165) is 78.0 Å². The Balaban J connectivity index is 0.00000423. The predicted octanol–water partition coefficient (Wildman–Crippen LogP) is 7.81. The molecule has 3 aromatic rings. The smallest absolute Gasteiger partial charge is 0.303 e. The summed E-state index contributed by atoms with van der Waals surface area (Å²) in [4.78, 5) is 40.0. The van der Waals surface area contributed by atoms with Crippen LogP contribution in [0.1, 0.15) is 84.6 Å². The second-order valence-electron chi connectivity index (χ2n) is 10.7. The number of hydrogen-bond donors (Lipinski definition) is 4. The first kappa shape index (κ1) is 31.5. The summed E-state index contributed by atoms with van der Waals surface area (Å²) in [6.07, 6.45) is 4.20. The van der Waals surface area contributed by atoms with Crippen molar-refractivity contribution < 1.29 is 38.4 Å². The number of rotatable bonds is 8. The van der Waals surface area contributed by atoms with Gasteiger partial charge in [0.1, 0.15) is 0 Å². The summed E-state index contributed by atoms with van der Waals surface area (Å²) in [7, 11) is 0. The van der Waals surface area contributed by atoms with Gasteiger partial charge in [0.15, 0.2) is 0 Å². The molecule has 2 aliphatic heterocycles. The molecule has 0 saturated heterocycles. The third-order valence-corrected chi connectivity index (χ3v) is 8.22. The molecule has 0 fully saturated rings. The van der Waals surface area contributed by atoms with Gasteiger partial charge in [-0.1, -0.05) is 25.3 Å². The van der Waals surface area contributed by atoms with Gasteiger partial charge in [0.2, 0.25) is 0 Å². The fourth-order valence-electron chi connectivity index (χ4n) is 5.77. The SMILES string of the molecule is C=Cc1c(C)c2cc3[nH]c(cc4nc(cc5nc(cc1[nH]2)C(C)=C5CCC(=O)O)C(CCC(=O)O)=C4C)c(C)c3C=C.[V]. The number of aliphatic carboxylic acids is 2. The number of nitrogens with zero attached hydrogens (tertiary/aromatic N) is 2. The maximum Gasteiger partial charge on any atom is 0.303 e. The Morgan fingerprint density at radius 2 is 1.07 bits per heavy atom. The zero-order valence-electron chi connectivity index (χ0n) is 24.8. The zero-order chi connectivity index (χ0) is 30.3. The molecule has 9 heteroatoms. The van der Waals surface area contributed by atoms with Gasteiger partial charge < -0.3 is 20.2 Å². The van der Waals surface area contributed by atoms with Crippen molar-refractivity contribution in [2.75, 3.05) is 0 Å². The summed E-state index contributed by atoms with van der Waals surface area (Å²) in [5, 5.41) is 18.9. The molecule has 0 unspecified atom stereocenters. The van der Waals surface area contributed by atoms with E-state index in [1.54, 1.807) is 0 Å². The van der Waals surface area contributed by atoms with Crippen LogP contribution in [-0.4, -0.2) is 42.1 Å². The Bertz CT molecular complexity index is 1920. The summed E-state index contributed by atoms with van der Waals surface area (Å²) in [5.41, 5.74) is 13.7. The third kappa shape index (κ3) is 5.94. The summed E-state index contributed by atoms with van der Waals surface area (Å²) in [6, 6.07) is 7.88. The first-order valence-electron chi connectivity index (χ1n) is 13.9. The molecule has 43 heavy (non-hydrogen) atoms. The molecule has 0 spiro atoms. The average Bonchev–Trinajstić information content (AvgIpc) is 3.59. The number of aromatic nitrogens is 4. The molecule has 8 nitrogen and oxygen atoms in total. The van der Waals surface area contributed by atoms with E-state index < -0.39 is 11.9 Å². The number of carboxylic acid groups (broad SMARTS) is 2. The van der Waals surface area contributed by atoms with Gasteiger partial charge in [-0.3, -0.25) is 9.59 Å². The normalized spacial score (nSPS) is 12.7. The van der Waals surface area contributed by atoms with E-state index in [1.165, 1.54) is 0 Å². The van der Waals surface area contributed by atoms with Crippen molar-refractivity contribution in [3.8, 4) is 0 Å². The Kier molecular flexibility index (Phi) is 9.13. The molecule has 0 amide bonds. The Morgan fingerprint density at radius 3 is 1.49 bits per heavy atom. The molecule has 4 N–H and O–H groups in total. The van der Waals surface area contributed by atoms with E-state index in [9.17, 15) is 19.8 Å². The van der Waals surface area contributed by atoms with E-state index in [4.69, 9.17) is 9.97 Å². The number of fused-ring (bicyclic) bond motifs is 8. The van der Waals surface area contributed by atoms with Crippen molar-refractivity contribution in [3.05, 3.63) is 82.5 Å². The van der Waals surface area contributed by atoms with Gasteiger partial charge in [0.25, 0.3) is 0 Å². The first-order chi connectivity index (χ1) is 20.0. The molecule has 1 radical (unpaired) electrons. The van der Waals surface area contributed by atoms with Crippen LogP contribution in [0.25, 0.3) is 56.5 Å². The molecule has 0 atom stereocenters. The average molecular weight is 614 g/mol. The van der Waals surface area contributed by atoms with Crippen LogP contribution in [0.3, 0.4) is 0 Å². The summed E-state index contributed by atoms with van der Waals surface area (Å²) >= 11 is 0. The van der Waals surface area contributed by atoms with Crippen molar-refractivity contribution in [1.82, 2.24) is 19.9 Å². The minimum atomic E-state index is -0.889. The predicted molar refractivity (Wildman–Crippen MR) is 169 cm³/mol. The van der Waals surface area contributed by atoms with Gasteiger partial charge in [-0.15, -0.1) is 0 Å². The van der Waals surface area contributed by atoms with Crippen LogP contribution in [0.5, 0.6) is 0 Å². The van der Waals surface area contributed by atoms with Crippen LogP contribution in [0.2, 0.25) is 0 Å². The van der Waals surface area contributed by atoms with Gasteiger partial charge in [-0.25, -0.2) is 9.97 Å². The fraction of sp³-hybridized carbons (Fsp3) is 0.235. The molecular formula is C34H34N4O4V. The number of aromatic amines is 2. The van der Waals surface area contributed by atoms with Crippen LogP contribution in [0.4, 0.5) is 0 Å². The van der Waals surface area contributed by atoms with Gasteiger partial charge >= 0.3 is 11.9 Å². The molecule has 0 aromatic carbocycles. The summed E-state index contributed by atoms with van der Waals surface area (Å²) in [6.45, 7) is 16.1. The maximum atomic E-state index is 11.5. The Hall–Kier alpha value is -4.40. The van der Waals surface area contributed by atoms with E-state index in [2.05, 4.69) is 29.2 Å². The van der Waals surface area contributed by atoms with E-state index in [-0.39, 0.29) is 31.4 Å². The number of aryl methyl sites for hydroxylation is 2. The van der Waals surface area contributed by atoms with Gasteiger partial charge in [-0.2, -0.15) is 0 Å². The van der Waals surface area contributed by atoms with Gasteiger partial charge in [0.05, 0.1) is 22.8 Å². The number of allylic oxidation sites excluding steroid dienone is 4. The molecule has 2 aliphatic rings. The van der Waals surface area contributed by atoms with Crippen molar-refractivity contribution in [2.45, 2.75) is 53.4 Å². The van der Waals surface area contributed by atoms with Crippen LogP contribution in [0.15, 0.2) is 37.4 Å². The quantitative estimate of drug-likeness (QED) is 0.205. The maximum absolute atomic E-state index is 11.5. The van der Waals surface area contributed by atoms with Gasteiger partial charge in [0, 0.05) is 64.6 Å². The summed E-state index contributed by atoms with van der Waals surface area (Å²) < 4.78 is 0. The Morgan fingerprint density at radius 1 is 0.674 bits per heavy atom. The largest absolute Gasteiger partial charge is 0.481 e. The molecule has 219 valence electrons. The Labute approximate surface area is 261 Å². The van der Waals surface area contributed by atoms with Crippen molar-refractivity contribution in [2.24, 2.45) is 0 Å². The van der Waals surface area contributed by atoms with Crippen LogP contribution < -0.4 is 0 Å². The van der Waals surface area contributed by atoms with Crippen molar-refractivity contribution in [1.29, 1.82) is 0 Å². The molecule has 3 aromatic heterocycles. The molecule has 0 aliphatic carbocycles. The second-order valence-corrected chi connectivity index (χ2v) is 10.7. The van der Waals surface area contributed by atoms with Crippen molar-refractivity contribution in [3.63, 3.8) is 0 Å². The van der Waals surface area contributed by atoms with Crippen LogP contribution >= 0.6 is 0 Å². The van der Waals surface area contributed by atoms with Crippen molar-refractivity contribution >= 4 is 68.4 Å². The second kappa shape index (κ2) is 12.5. The topological polar surface area (TPSA) is 132 Å². The standard InChI is InChI=1S/C34H34N4O4.V/c1-7-21-17(3)25-13-26-19(5)23(9-11-33(39)40)31(37-26)16-32-24(10-12-34(41)42)20(6)28(38-32)15-30-22(8-2)18(4)27(36-30)14-29(21)35-25;/h7-8,13-16,35-36H,1-2,9-12H2,3-6H3,(H,39,40)(H,41,42);. The van der Waals surface area contributed by atoms with Crippen LogP contribution in [-0.2, 0) is 28.1 Å². The fourth-order valence-corrected chi connectivity index (χ4v) is 5.77.